The predicted octanol–water partition coefficient (Wildman–Crippen LogP) is 1.10. The van der Waals surface area contributed by atoms with Gasteiger partial charge in [0.25, 0.3) is 0 Å². The van der Waals surface area contributed by atoms with E-state index in [1.807, 2.05) is 0 Å². The quantitative estimate of drug-likeness (QED) is 0.758. The average Bonchev–Trinajstić information content (AvgIpc) is 2.65. The minimum absolute atomic E-state index is 0.523. The van der Waals surface area contributed by atoms with E-state index in [1.54, 1.807) is 0 Å². The van der Waals surface area contributed by atoms with Gasteiger partial charge in [-0.05, 0) is 25.7 Å². The van der Waals surface area contributed by atoms with Crippen LogP contribution >= 0.6 is 0 Å². The van der Waals surface area contributed by atoms with E-state index in [0.717, 1.165) is 19.1 Å². The maximum atomic E-state index is 5.74. The Morgan fingerprint density at radius 1 is 1.47 bits per heavy atom. The summed E-state index contributed by atoms with van der Waals surface area (Å²) in [7, 11) is 0. The fraction of sp³-hybridized carbons (Fsp3) is 1.00. The van der Waals surface area contributed by atoms with Gasteiger partial charge < -0.3 is 15.0 Å². The van der Waals surface area contributed by atoms with Crippen molar-refractivity contribution in [2.75, 3.05) is 32.8 Å². The Kier molecular flexibility index (Phi) is 4.00. The Morgan fingerprint density at radius 2 is 2.33 bits per heavy atom. The van der Waals surface area contributed by atoms with E-state index in [9.17, 15) is 0 Å². The summed E-state index contributed by atoms with van der Waals surface area (Å²) < 4.78 is 5.74. The third-order valence-electron chi connectivity index (χ3n) is 3.69. The molecule has 0 amide bonds. The Bertz CT molecular complexity index is 198. The summed E-state index contributed by atoms with van der Waals surface area (Å²) in [5, 5.41) is 3.49. The van der Waals surface area contributed by atoms with Gasteiger partial charge in [-0.1, -0.05) is 6.92 Å². The highest BCUT2D eigenvalue weighted by Crippen LogP contribution is 2.24. The SMILES string of the molecule is CCC1OCCC1CN1CCNC(C)C1. The third-order valence-corrected chi connectivity index (χ3v) is 3.69. The second-order valence-electron chi connectivity index (χ2n) is 4.98. The largest absolute Gasteiger partial charge is 0.378 e. The molecule has 1 N–H and O–H groups in total. The molecule has 0 saturated carbocycles. The van der Waals surface area contributed by atoms with Crippen molar-refractivity contribution < 1.29 is 4.74 Å². The van der Waals surface area contributed by atoms with Crippen LogP contribution in [0.5, 0.6) is 0 Å². The summed E-state index contributed by atoms with van der Waals surface area (Å²) in [4.78, 5) is 2.60. The summed E-state index contributed by atoms with van der Waals surface area (Å²) in [6.45, 7) is 10.3. The van der Waals surface area contributed by atoms with Crippen molar-refractivity contribution in [2.45, 2.75) is 38.8 Å². The summed E-state index contributed by atoms with van der Waals surface area (Å²) in [6, 6.07) is 0.654. The molecule has 0 aliphatic carbocycles. The highest BCUT2D eigenvalue weighted by atomic mass is 16.5. The predicted molar refractivity (Wildman–Crippen MR) is 62.0 cm³/mol. The monoisotopic (exact) mass is 212 g/mol. The van der Waals surface area contributed by atoms with E-state index in [-0.39, 0.29) is 0 Å². The topological polar surface area (TPSA) is 24.5 Å². The zero-order valence-electron chi connectivity index (χ0n) is 10.0. The van der Waals surface area contributed by atoms with Crippen LogP contribution in [0.1, 0.15) is 26.7 Å². The number of nitrogens with zero attached hydrogens (tertiary/aromatic N) is 1. The maximum absolute atomic E-state index is 5.74. The Hall–Kier alpha value is -0.120. The van der Waals surface area contributed by atoms with E-state index in [0.29, 0.717) is 12.1 Å². The first-order chi connectivity index (χ1) is 7.29. The van der Waals surface area contributed by atoms with E-state index >= 15 is 0 Å². The number of hydrogen-bond acceptors (Lipinski definition) is 3. The first kappa shape index (κ1) is 11.4. The summed E-state index contributed by atoms with van der Waals surface area (Å²) in [6.07, 6.45) is 2.96. The molecule has 2 saturated heterocycles. The van der Waals surface area contributed by atoms with Gasteiger partial charge in [-0.3, -0.25) is 0 Å². The van der Waals surface area contributed by atoms with Crippen molar-refractivity contribution in [3.63, 3.8) is 0 Å². The molecule has 2 rings (SSSR count). The molecule has 3 unspecified atom stereocenters. The van der Waals surface area contributed by atoms with Crippen molar-refractivity contribution in [3.8, 4) is 0 Å². The zero-order chi connectivity index (χ0) is 10.7. The number of nitrogens with one attached hydrogen (secondary N) is 1. The van der Waals surface area contributed by atoms with E-state index in [1.165, 1.54) is 32.5 Å². The lowest BCUT2D eigenvalue weighted by Crippen LogP contribution is -2.50. The summed E-state index contributed by atoms with van der Waals surface area (Å²) in [5.41, 5.74) is 0. The first-order valence-electron chi connectivity index (χ1n) is 6.37. The third kappa shape index (κ3) is 2.92. The summed E-state index contributed by atoms with van der Waals surface area (Å²) >= 11 is 0. The van der Waals surface area contributed by atoms with Crippen LogP contribution < -0.4 is 5.32 Å². The van der Waals surface area contributed by atoms with Crippen LogP contribution in [0.3, 0.4) is 0 Å². The maximum Gasteiger partial charge on any atom is 0.0613 e. The number of rotatable bonds is 3. The van der Waals surface area contributed by atoms with Gasteiger partial charge in [0, 0.05) is 38.8 Å². The summed E-state index contributed by atoms with van der Waals surface area (Å²) in [5.74, 6) is 0.778. The lowest BCUT2D eigenvalue weighted by atomic mass is 9.98. The van der Waals surface area contributed by atoms with Gasteiger partial charge in [0.1, 0.15) is 0 Å². The van der Waals surface area contributed by atoms with Gasteiger partial charge in [0.15, 0.2) is 0 Å². The molecule has 0 radical (unpaired) electrons. The first-order valence-corrected chi connectivity index (χ1v) is 6.37. The minimum atomic E-state index is 0.523. The Labute approximate surface area is 93.2 Å². The molecule has 0 aromatic rings. The van der Waals surface area contributed by atoms with Crippen LogP contribution in [0.15, 0.2) is 0 Å². The van der Waals surface area contributed by atoms with E-state index in [4.69, 9.17) is 4.74 Å². The molecule has 88 valence electrons. The van der Waals surface area contributed by atoms with E-state index in [2.05, 4.69) is 24.1 Å². The number of piperazine rings is 1. The molecule has 0 bridgehead atoms. The standard InChI is InChI=1S/C12H24N2O/c1-3-12-11(4-7-15-12)9-14-6-5-13-10(2)8-14/h10-13H,3-9H2,1-2H3. The van der Waals surface area contributed by atoms with Crippen molar-refractivity contribution in [1.29, 1.82) is 0 Å². The molecule has 2 heterocycles. The Balaban J connectivity index is 1.80. The molecule has 3 atom stereocenters. The zero-order valence-corrected chi connectivity index (χ0v) is 10.0. The van der Waals surface area contributed by atoms with E-state index < -0.39 is 0 Å². The molecule has 15 heavy (non-hydrogen) atoms. The fourth-order valence-electron chi connectivity index (χ4n) is 2.86. The lowest BCUT2D eigenvalue weighted by molar-refractivity contribution is 0.0711. The minimum Gasteiger partial charge on any atom is -0.378 e. The molecule has 3 heteroatoms. The van der Waals surface area contributed by atoms with Gasteiger partial charge in [-0.2, -0.15) is 0 Å². The smallest absolute Gasteiger partial charge is 0.0613 e. The molecule has 0 aromatic heterocycles. The second kappa shape index (κ2) is 5.28. The lowest BCUT2D eigenvalue weighted by Gasteiger charge is -2.34. The van der Waals surface area contributed by atoms with Gasteiger partial charge in [0.05, 0.1) is 6.10 Å². The molecule has 2 aliphatic heterocycles. The molecule has 2 aliphatic rings. The van der Waals surface area contributed by atoms with Crippen LogP contribution in [-0.4, -0.2) is 49.8 Å². The van der Waals surface area contributed by atoms with Gasteiger partial charge in [-0.15, -0.1) is 0 Å². The van der Waals surface area contributed by atoms with Crippen LogP contribution in [0.4, 0.5) is 0 Å². The highest BCUT2D eigenvalue weighted by Gasteiger charge is 2.29. The van der Waals surface area contributed by atoms with Gasteiger partial charge >= 0.3 is 0 Å². The van der Waals surface area contributed by atoms with Crippen molar-refractivity contribution in [3.05, 3.63) is 0 Å². The van der Waals surface area contributed by atoms with Crippen molar-refractivity contribution in [2.24, 2.45) is 5.92 Å². The van der Waals surface area contributed by atoms with Crippen molar-refractivity contribution in [1.82, 2.24) is 10.2 Å². The molecule has 0 aromatic carbocycles. The molecular weight excluding hydrogens is 188 g/mol. The van der Waals surface area contributed by atoms with Crippen LogP contribution in [0.2, 0.25) is 0 Å². The number of hydrogen-bond donors (Lipinski definition) is 1. The average molecular weight is 212 g/mol. The molecule has 3 nitrogen and oxygen atoms in total. The number of ether oxygens (including phenoxy) is 1. The van der Waals surface area contributed by atoms with Crippen LogP contribution in [-0.2, 0) is 4.74 Å². The van der Waals surface area contributed by atoms with Gasteiger partial charge in [-0.25, -0.2) is 0 Å². The normalized spacial score (nSPS) is 38.4. The van der Waals surface area contributed by atoms with Crippen LogP contribution in [0.25, 0.3) is 0 Å². The molecular formula is C12H24N2O. The van der Waals surface area contributed by atoms with Crippen molar-refractivity contribution >= 4 is 0 Å². The van der Waals surface area contributed by atoms with Gasteiger partial charge in [0.2, 0.25) is 0 Å². The molecule has 2 fully saturated rings. The Morgan fingerprint density at radius 3 is 3.07 bits per heavy atom. The van der Waals surface area contributed by atoms with Crippen LogP contribution in [0, 0.1) is 5.92 Å². The highest BCUT2D eigenvalue weighted by molar-refractivity contribution is 4.82. The fourth-order valence-corrected chi connectivity index (χ4v) is 2.86. The second-order valence-corrected chi connectivity index (χ2v) is 4.98. The molecule has 0 spiro atoms.